The predicted molar refractivity (Wildman–Crippen MR) is 89.6 cm³/mol. The molecule has 29 heavy (non-hydrogen) atoms. The van der Waals surface area contributed by atoms with Crippen LogP contribution in [0.15, 0.2) is 52.6 Å². The van der Waals surface area contributed by atoms with Gasteiger partial charge in [0.15, 0.2) is 5.84 Å². The van der Waals surface area contributed by atoms with Crippen LogP contribution in [0.5, 0.6) is 0 Å². The van der Waals surface area contributed by atoms with Crippen molar-refractivity contribution in [1.82, 2.24) is 9.97 Å². The minimum atomic E-state index is -5.02. The highest BCUT2D eigenvalue weighted by Crippen LogP contribution is 2.37. The number of halogens is 6. The molecule has 0 bridgehead atoms. The quantitative estimate of drug-likeness (QED) is 0.618. The van der Waals surface area contributed by atoms with E-state index in [9.17, 15) is 31.1 Å². The minimum absolute atomic E-state index is 0.00434. The summed E-state index contributed by atoms with van der Waals surface area (Å²) in [5.74, 6) is -1.39. The summed E-state index contributed by atoms with van der Waals surface area (Å²) in [5, 5.41) is 0. The predicted octanol–water partition coefficient (Wildman–Crippen LogP) is 3.24. The van der Waals surface area contributed by atoms with Crippen LogP contribution in [0, 0.1) is 0 Å². The van der Waals surface area contributed by atoms with Crippen molar-refractivity contribution in [3.05, 3.63) is 64.9 Å². The van der Waals surface area contributed by atoms with E-state index in [0.29, 0.717) is 12.1 Å². The number of aliphatic imine (C=N–C) groups is 2. The van der Waals surface area contributed by atoms with Crippen LogP contribution >= 0.6 is 0 Å². The molecule has 12 heteroatoms. The van der Waals surface area contributed by atoms with Gasteiger partial charge in [-0.2, -0.15) is 26.3 Å². The van der Waals surface area contributed by atoms with E-state index >= 15 is 0 Å². The first-order valence-electron chi connectivity index (χ1n) is 7.69. The first-order chi connectivity index (χ1) is 13.5. The second-order valence-electron chi connectivity index (χ2n) is 5.74. The van der Waals surface area contributed by atoms with Gasteiger partial charge in [0.05, 0.1) is 28.6 Å². The van der Waals surface area contributed by atoms with E-state index in [1.807, 2.05) is 0 Å². The topological polar surface area (TPSA) is 93.6 Å². The molecule has 2 N–H and O–H groups in total. The monoisotopic (exact) mass is 413 g/mol. The third kappa shape index (κ3) is 4.31. The van der Waals surface area contributed by atoms with Gasteiger partial charge < -0.3 is 5.73 Å². The maximum Gasteiger partial charge on any atom is 0.416 e. The van der Waals surface area contributed by atoms with Crippen molar-refractivity contribution in [2.45, 2.75) is 12.4 Å². The highest BCUT2D eigenvalue weighted by atomic mass is 19.4. The van der Waals surface area contributed by atoms with Gasteiger partial charge in [-0.3, -0.25) is 4.79 Å². The minimum Gasteiger partial charge on any atom is -0.366 e. The Morgan fingerprint density at radius 1 is 0.897 bits per heavy atom. The van der Waals surface area contributed by atoms with Crippen LogP contribution in [-0.2, 0) is 17.1 Å². The van der Waals surface area contributed by atoms with Crippen LogP contribution in [0.2, 0.25) is 0 Å². The molecule has 0 fully saturated rings. The lowest BCUT2D eigenvalue weighted by atomic mass is 10.0. The van der Waals surface area contributed by atoms with Crippen LogP contribution in [0.3, 0.4) is 0 Å². The maximum atomic E-state index is 13.0. The molecule has 0 unspecified atom stereocenters. The van der Waals surface area contributed by atoms with E-state index < -0.39 is 40.8 Å². The number of carbonyl (C=O) groups excluding carboxylic acids is 1. The second kappa shape index (κ2) is 7.11. The molecular formula is C17H9F6N5O. The first-order valence-corrected chi connectivity index (χ1v) is 7.69. The molecule has 1 aromatic heterocycles. The molecule has 0 saturated carbocycles. The number of allylic oxidation sites excluding steroid dienone is 1. The van der Waals surface area contributed by atoms with Crippen molar-refractivity contribution in [2.24, 2.45) is 15.7 Å². The first kappa shape index (κ1) is 20.2. The van der Waals surface area contributed by atoms with E-state index in [1.54, 1.807) is 0 Å². The summed E-state index contributed by atoms with van der Waals surface area (Å²) in [4.78, 5) is 26.8. The standard InChI is InChI=1S/C17H9F6N5O/c18-16(19,20)10-1-8(2-11(3-10)17(21,22)23)15-27-6-12(28-15)13(14(24)29)9-4-25-7-26-5-9/h1-7H,(H2,24,29)/b13-12+. The third-order valence-corrected chi connectivity index (χ3v) is 3.73. The molecule has 3 rings (SSSR count). The van der Waals surface area contributed by atoms with E-state index in [0.717, 1.165) is 6.21 Å². The average molecular weight is 413 g/mol. The molecule has 0 spiro atoms. The average Bonchev–Trinajstić information content (AvgIpc) is 3.10. The molecule has 0 radical (unpaired) electrons. The summed E-state index contributed by atoms with van der Waals surface area (Å²) in [6, 6.07) is 0.976. The Labute approximate surface area is 158 Å². The number of amidine groups is 1. The zero-order valence-electron chi connectivity index (χ0n) is 14.1. The Morgan fingerprint density at radius 3 is 1.93 bits per heavy atom. The molecule has 1 aromatic carbocycles. The molecule has 1 aliphatic rings. The van der Waals surface area contributed by atoms with Crippen molar-refractivity contribution >= 4 is 23.5 Å². The SMILES string of the molecule is NC(=O)/C(=C1\C=NC(c2cc(C(F)(F)F)cc(C(F)(F)F)c2)=N1)c1cncnc1. The summed E-state index contributed by atoms with van der Waals surface area (Å²) in [6.45, 7) is 0. The van der Waals surface area contributed by atoms with E-state index in [2.05, 4.69) is 20.0 Å². The van der Waals surface area contributed by atoms with Gasteiger partial charge in [0.2, 0.25) is 0 Å². The number of hydrogen-bond acceptors (Lipinski definition) is 5. The Hall–Kier alpha value is -3.57. The summed E-state index contributed by atoms with van der Waals surface area (Å²) < 4.78 is 78.2. The smallest absolute Gasteiger partial charge is 0.366 e. The fraction of sp³-hybridized carbons (Fsp3) is 0.118. The lowest BCUT2D eigenvalue weighted by Crippen LogP contribution is -2.15. The van der Waals surface area contributed by atoms with Gasteiger partial charge in [-0.25, -0.2) is 20.0 Å². The summed E-state index contributed by atoms with van der Waals surface area (Å²) in [5.41, 5.74) is 1.60. The highest BCUT2D eigenvalue weighted by Gasteiger charge is 2.37. The van der Waals surface area contributed by atoms with Crippen LogP contribution in [0.25, 0.3) is 5.57 Å². The normalized spacial score (nSPS) is 16.0. The van der Waals surface area contributed by atoms with Gasteiger partial charge in [0.25, 0.3) is 5.91 Å². The van der Waals surface area contributed by atoms with Crippen LogP contribution in [0.4, 0.5) is 26.3 Å². The number of amides is 1. The molecule has 1 aliphatic heterocycles. The number of nitrogens with zero attached hydrogens (tertiary/aromatic N) is 4. The molecule has 0 atom stereocenters. The third-order valence-electron chi connectivity index (χ3n) is 3.73. The Bertz CT molecular complexity index is 1020. The van der Waals surface area contributed by atoms with Crippen molar-refractivity contribution in [3.63, 3.8) is 0 Å². The Balaban J connectivity index is 2.15. The zero-order chi connectivity index (χ0) is 21.4. The number of rotatable bonds is 3. The molecule has 1 amide bonds. The number of aromatic nitrogens is 2. The van der Waals surface area contributed by atoms with Crippen molar-refractivity contribution in [1.29, 1.82) is 0 Å². The van der Waals surface area contributed by atoms with Crippen LogP contribution in [0.1, 0.15) is 22.3 Å². The van der Waals surface area contributed by atoms with Gasteiger partial charge in [-0.05, 0) is 18.2 Å². The highest BCUT2D eigenvalue weighted by molar-refractivity contribution is 6.26. The van der Waals surface area contributed by atoms with Gasteiger partial charge in [0, 0.05) is 23.5 Å². The van der Waals surface area contributed by atoms with Crippen molar-refractivity contribution in [3.8, 4) is 0 Å². The van der Waals surface area contributed by atoms with E-state index in [4.69, 9.17) is 5.73 Å². The Kier molecular flexibility index (Phi) is 4.95. The summed E-state index contributed by atoms with van der Waals surface area (Å²) >= 11 is 0. The Morgan fingerprint density at radius 2 is 1.45 bits per heavy atom. The number of carbonyl (C=O) groups is 1. The van der Waals surface area contributed by atoms with E-state index in [-0.39, 0.29) is 22.9 Å². The van der Waals surface area contributed by atoms with Gasteiger partial charge >= 0.3 is 12.4 Å². The van der Waals surface area contributed by atoms with Crippen LogP contribution < -0.4 is 5.73 Å². The van der Waals surface area contributed by atoms with Gasteiger partial charge in [-0.15, -0.1) is 0 Å². The number of benzene rings is 1. The summed E-state index contributed by atoms with van der Waals surface area (Å²) in [6.07, 6.45) is -5.35. The lowest BCUT2D eigenvalue weighted by molar-refractivity contribution is -0.143. The maximum absolute atomic E-state index is 13.0. The van der Waals surface area contributed by atoms with Crippen LogP contribution in [-0.4, -0.2) is 27.9 Å². The van der Waals surface area contributed by atoms with Crippen molar-refractivity contribution in [2.75, 3.05) is 0 Å². The fourth-order valence-corrected chi connectivity index (χ4v) is 2.48. The molecule has 0 saturated heterocycles. The molecule has 150 valence electrons. The molecule has 0 aliphatic carbocycles. The molecule has 6 nitrogen and oxygen atoms in total. The molecule has 2 aromatic rings. The lowest BCUT2D eigenvalue weighted by Gasteiger charge is -2.13. The molecule has 2 heterocycles. The number of hydrogen-bond donors (Lipinski definition) is 1. The van der Waals surface area contributed by atoms with Crippen molar-refractivity contribution < 1.29 is 31.1 Å². The second-order valence-corrected chi connectivity index (χ2v) is 5.74. The number of nitrogens with two attached hydrogens (primary N) is 1. The molecular weight excluding hydrogens is 404 g/mol. The summed E-state index contributed by atoms with van der Waals surface area (Å²) in [7, 11) is 0. The zero-order valence-corrected chi connectivity index (χ0v) is 14.1. The van der Waals surface area contributed by atoms with E-state index in [1.165, 1.54) is 18.7 Å². The fourth-order valence-electron chi connectivity index (χ4n) is 2.48. The largest absolute Gasteiger partial charge is 0.416 e. The number of primary amides is 1. The van der Waals surface area contributed by atoms with Gasteiger partial charge in [-0.1, -0.05) is 0 Å². The number of alkyl halides is 6. The van der Waals surface area contributed by atoms with Gasteiger partial charge in [0.1, 0.15) is 6.33 Å².